The van der Waals surface area contributed by atoms with Crippen molar-refractivity contribution in [1.82, 2.24) is 19.7 Å². The highest BCUT2D eigenvalue weighted by Gasteiger charge is 2.35. The van der Waals surface area contributed by atoms with Gasteiger partial charge in [0.1, 0.15) is 20.7 Å². The van der Waals surface area contributed by atoms with Crippen LogP contribution in [0.5, 0.6) is 0 Å². The lowest BCUT2D eigenvalue weighted by Gasteiger charge is -2.31. The molecule has 0 bridgehead atoms. The Balaban J connectivity index is 2.09. The summed E-state index contributed by atoms with van der Waals surface area (Å²) in [6, 6.07) is 14.2. The third-order valence-corrected chi connectivity index (χ3v) is 18.0. The molecule has 0 unspecified atom stereocenters. The van der Waals surface area contributed by atoms with Gasteiger partial charge in [-0.3, -0.25) is 0 Å². The Bertz CT molecular complexity index is 943. The lowest BCUT2D eigenvalue weighted by atomic mass is 10.1. The lowest BCUT2D eigenvalue weighted by Crippen LogP contribution is -2.48. The molecule has 0 fully saturated rings. The van der Waals surface area contributed by atoms with E-state index in [9.17, 15) is 0 Å². The number of aromatic amines is 1. The summed E-state index contributed by atoms with van der Waals surface area (Å²) in [6.07, 6.45) is 3.38. The molecule has 0 aliphatic heterocycles. The summed E-state index contributed by atoms with van der Waals surface area (Å²) in [5.41, 5.74) is 3.94. The molecular formula is C24H40N4OSi2. The van der Waals surface area contributed by atoms with Crippen LogP contribution in [0.15, 0.2) is 30.9 Å². The maximum atomic E-state index is 6.86. The zero-order valence-corrected chi connectivity index (χ0v) is 22.3. The minimum atomic E-state index is -1.66. The van der Waals surface area contributed by atoms with Gasteiger partial charge >= 0.3 is 0 Å². The summed E-state index contributed by atoms with van der Waals surface area (Å²) in [7, 11) is -3.24. The van der Waals surface area contributed by atoms with Crippen LogP contribution in [-0.4, -0.2) is 36.1 Å². The van der Waals surface area contributed by atoms with Crippen molar-refractivity contribution in [1.29, 1.82) is 0 Å². The summed E-state index contributed by atoms with van der Waals surface area (Å²) in [5.74, 6) is 0. The first-order valence-electron chi connectivity index (χ1n) is 12.1. The Morgan fingerprint density at radius 2 is 1.61 bits per heavy atom. The molecule has 2 aromatic heterocycles. The predicted molar refractivity (Wildman–Crippen MR) is 136 cm³/mol. The van der Waals surface area contributed by atoms with E-state index in [-0.39, 0.29) is 0 Å². The zero-order chi connectivity index (χ0) is 22.5. The minimum absolute atomic E-state index is 0.742. The summed E-state index contributed by atoms with van der Waals surface area (Å²) in [4.78, 5) is 7.98. The van der Waals surface area contributed by atoms with Crippen molar-refractivity contribution in [3.05, 3.63) is 42.0 Å². The van der Waals surface area contributed by atoms with Crippen molar-refractivity contribution in [2.24, 2.45) is 0 Å². The molecule has 1 N–H and O–H groups in total. The Hall–Kier alpha value is -1.71. The van der Waals surface area contributed by atoms with Gasteiger partial charge in [-0.2, -0.15) is 5.10 Å². The topological polar surface area (TPSA) is 55.7 Å². The summed E-state index contributed by atoms with van der Waals surface area (Å²) >= 11 is 0. The molecule has 0 saturated carbocycles. The van der Waals surface area contributed by atoms with E-state index >= 15 is 0 Å². The van der Waals surface area contributed by atoms with Crippen LogP contribution in [0.1, 0.15) is 52.7 Å². The smallest absolute Gasteiger partial charge is 0.192 e. The van der Waals surface area contributed by atoms with Crippen LogP contribution in [0.4, 0.5) is 0 Å². The Morgan fingerprint density at radius 1 is 0.935 bits per heavy atom. The van der Waals surface area contributed by atoms with Crippen molar-refractivity contribution in [3.63, 3.8) is 0 Å². The molecule has 0 amide bonds. The van der Waals surface area contributed by atoms with E-state index < -0.39 is 16.4 Å². The van der Waals surface area contributed by atoms with Gasteiger partial charge in [-0.15, -0.1) is 0 Å². The molecule has 31 heavy (non-hydrogen) atoms. The number of fused-ring (bicyclic) bond motifs is 1. The molecule has 0 radical (unpaired) electrons. The first kappa shape index (κ1) is 23.9. The highest BCUT2D eigenvalue weighted by atomic mass is 28.4. The van der Waals surface area contributed by atoms with Gasteiger partial charge in [-0.1, -0.05) is 65.7 Å². The highest BCUT2D eigenvalue weighted by Crippen LogP contribution is 2.30. The minimum Gasteiger partial charge on any atom is -0.412 e. The van der Waals surface area contributed by atoms with E-state index in [1.807, 2.05) is 4.68 Å². The molecule has 0 atom stereocenters. The van der Waals surface area contributed by atoms with Gasteiger partial charge in [-0.05, 0) is 35.8 Å². The van der Waals surface area contributed by atoms with Crippen LogP contribution in [0.3, 0.4) is 0 Å². The molecule has 7 heteroatoms. The number of nitrogens with one attached hydrogen (secondary N) is 1. The monoisotopic (exact) mass is 456 g/mol. The van der Waals surface area contributed by atoms with E-state index in [4.69, 9.17) is 4.43 Å². The van der Waals surface area contributed by atoms with E-state index in [1.54, 1.807) is 12.7 Å². The van der Waals surface area contributed by atoms with E-state index in [0.29, 0.717) is 0 Å². The predicted octanol–water partition coefficient (Wildman–Crippen LogP) is 6.05. The number of hydrogen-bond donors (Lipinski definition) is 1. The van der Waals surface area contributed by atoms with Gasteiger partial charge in [0.2, 0.25) is 0 Å². The molecule has 5 nitrogen and oxygen atoms in total. The molecule has 170 valence electrons. The van der Waals surface area contributed by atoms with Gasteiger partial charge in [-0.25, -0.2) is 9.67 Å². The molecule has 3 rings (SSSR count). The first-order chi connectivity index (χ1) is 15.0. The Labute approximate surface area is 189 Å². The average Bonchev–Trinajstić information content (AvgIpc) is 3.45. The maximum Gasteiger partial charge on any atom is 0.192 e. The molecule has 0 aliphatic rings. The molecular weight excluding hydrogens is 416 g/mol. The van der Waals surface area contributed by atoms with Crippen molar-refractivity contribution >= 4 is 32.6 Å². The summed E-state index contributed by atoms with van der Waals surface area (Å²) in [6.45, 7) is 15.6. The average molecular weight is 457 g/mol. The van der Waals surface area contributed by atoms with E-state index in [0.717, 1.165) is 13.2 Å². The van der Waals surface area contributed by atoms with E-state index in [1.165, 1.54) is 63.6 Å². The SMILES string of the molecule is CC[Si](CC)(CC)OCc1c([Si](CC)(CC)CC)[nH]c2ccc(Cn3cncn3)cc12. The van der Waals surface area contributed by atoms with Crippen LogP contribution in [-0.2, 0) is 17.6 Å². The number of rotatable bonds is 12. The fourth-order valence-electron chi connectivity index (χ4n) is 5.06. The normalized spacial score (nSPS) is 12.7. The number of aromatic nitrogens is 4. The van der Waals surface area contributed by atoms with Crippen LogP contribution in [0, 0.1) is 0 Å². The maximum absolute atomic E-state index is 6.86. The molecule has 0 aliphatic carbocycles. The number of H-pyrrole nitrogens is 1. The van der Waals surface area contributed by atoms with Crippen molar-refractivity contribution in [2.45, 2.75) is 91.0 Å². The fourth-order valence-corrected chi connectivity index (χ4v) is 11.4. The second kappa shape index (κ2) is 10.3. The fraction of sp³-hybridized carbons (Fsp3) is 0.583. The standard InChI is InChI=1S/C24H40N4OSi2/c1-7-30(8-2,9-3)24-22(17-29-31(10-4,11-5)12-6)21-15-20(13-14-23(21)27-24)16-28-19-25-18-26-28/h13-15,18-19,27H,7-12,16-17H2,1-6H3. The number of nitrogens with zero attached hydrogens (tertiary/aromatic N) is 3. The van der Waals surface area contributed by atoms with Crippen molar-refractivity contribution in [3.8, 4) is 0 Å². The number of hydrogen-bond acceptors (Lipinski definition) is 3. The summed E-state index contributed by atoms with van der Waals surface area (Å²) in [5, 5.41) is 7.15. The summed E-state index contributed by atoms with van der Waals surface area (Å²) < 4.78 is 8.74. The zero-order valence-electron chi connectivity index (χ0n) is 20.3. The Morgan fingerprint density at radius 3 is 2.16 bits per heavy atom. The molecule has 1 aromatic carbocycles. The Kier molecular flexibility index (Phi) is 7.94. The second-order valence-corrected chi connectivity index (χ2v) is 18.8. The molecule has 2 heterocycles. The second-order valence-electron chi connectivity index (χ2n) is 8.82. The lowest BCUT2D eigenvalue weighted by molar-refractivity contribution is 0.289. The van der Waals surface area contributed by atoms with Crippen LogP contribution >= 0.6 is 0 Å². The van der Waals surface area contributed by atoms with Gasteiger partial charge in [0.25, 0.3) is 0 Å². The van der Waals surface area contributed by atoms with Gasteiger partial charge in [0, 0.05) is 21.8 Å². The molecule has 3 aromatic rings. The number of benzene rings is 1. The largest absolute Gasteiger partial charge is 0.412 e. The van der Waals surface area contributed by atoms with Gasteiger partial charge < -0.3 is 9.41 Å². The third kappa shape index (κ3) is 4.73. The van der Waals surface area contributed by atoms with Gasteiger partial charge in [0.05, 0.1) is 13.2 Å². The van der Waals surface area contributed by atoms with Gasteiger partial charge in [0.15, 0.2) is 8.32 Å². The van der Waals surface area contributed by atoms with Crippen LogP contribution in [0.25, 0.3) is 10.9 Å². The van der Waals surface area contributed by atoms with E-state index in [2.05, 4.69) is 74.8 Å². The van der Waals surface area contributed by atoms with Crippen LogP contribution in [0.2, 0.25) is 36.3 Å². The quantitative estimate of drug-likeness (QED) is 0.338. The van der Waals surface area contributed by atoms with Crippen molar-refractivity contribution in [2.75, 3.05) is 0 Å². The van der Waals surface area contributed by atoms with Crippen LogP contribution < -0.4 is 5.32 Å². The first-order valence-corrected chi connectivity index (χ1v) is 17.3. The molecule has 0 saturated heterocycles. The highest BCUT2D eigenvalue weighted by molar-refractivity contribution is 6.91. The van der Waals surface area contributed by atoms with Crippen molar-refractivity contribution < 1.29 is 4.43 Å². The third-order valence-electron chi connectivity index (χ3n) is 7.80. The molecule has 0 spiro atoms.